The highest BCUT2D eigenvalue weighted by Gasteiger charge is 2.39. The highest BCUT2D eigenvalue weighted by molar-refractivity contribution is 5.57. The number of fused-ring (bicyclic) bond motifs is 1. The number of nitriles is 1. The van der Waals surface area contributed by atoms with Gasteiger partial charge in [0.2, 0.25) is 0 Å². The lowest BCUT2D eigenvalue weighted by Crippen LogP contribution is -2.47. The highest BCUT2D eigenvalue weighted by atomic mass is 16.3. The van der Waals surface area contributed by atoms with Gasteiger partial charge in [-0.2, -0.15) is 5.26 Å². The van der Waals surface area contributed by atoms with Gasteiger partial charge in [-0.1, -0.05) is 5.21 Å². The number of hydrogen-bond donors (Lipinski definition) is 1. The van der Waals surface area contributed by atoms with E-state index in [-0.39, 0.29) is 6.04 Å². The minimum atomic E-state index is -1.07. The molecule has 2 aliphatic rings. The largest absolute Gasteiger partial charge is 0.382 e. The van der Waals surface area contributed by atoms with Crippen molar-refractivity contribution in [1.29, 1.82) is 5.26 Å². The van der Waals surface area contributed by atoms with Crippen molar-refractivity contribution in [2.75, 3.05) is 18.0 Å². The Morgan fingerprint density at radius 3 is 2.88 bits per heavy atom. The Morgan fingerprint density at radius 1 is 1.31 bits per heavy atom. The van der Waals surface area contributed by atoms with Crippen LogP contribution >= 0.6 is 0 Å². The van der Waals surface area contributed by atoms with Crippen LogP contribution in [0.2, 0.25) is 0 Å². The summed E-state index contributed by atoms with van der Waals surface area (Å²) in [7, 11) is 0. The zero-order chi connectivity index (χ0) is 18.3. The molecule has 1 fully saturated rings. The van der Waals surface area contributed by atoms with Gasteiger partial charge in [0, 0.05) is 18.3 Å². The third-order valence-electron chi connectivity index (χ3n) is 5.44. The number of β-amino-alcohol motifs (C(OH)–C–C–N with tert-alkyl or cyclic N) is 1. The number of aryl methyl sites for hydroxylation is 2. The molecule has 0 aromatic carbocycles. The number of aliphatic hydroxyl groups is 1. The molecule has 0 unspecified atom stereocenters. The molecule has 136 valence electrons. The third-order valence-corrected chi connectivity index (χ3v) is 5.44. The fourth-order valence-electron chi connectivity index (χ4n) is 3.95. The zero-order valence-electron chi connectivity index (χ0n) is 15.3. The molecule has 0 spiro atoms. The molecule has 0 saturated carbocycles. The van der Waals surface area contributed by atoms with Crippen molar-refractivity contribution in [2.24, 2.45) is 0 Å². The fraction of sp³-hybridized carbons (Fsp3) is 0.579. The summed E-state index contributed by atoms with van der Waals surface area (Å²) in [5.41, 5.74) is 2.41. The fourth-order valence-corrected chi connectivity index (χ4v) is 3.95. The first-order chi connectivity index (χ1) is 12.5. The van der Waals surface area contributed by atoms with Crippen molar-refractivity contribution in [3.63, 3.8) is 0 Å². The van der Waals surface area contributed by atoms with E-state index in [0.717, 1.165) is 37.9 Å². The van der Waals surface area contributed by atoms with Crippen molar-refractivity contribution in [2.45, 2.75) is 57.6 Å². The molecule has 1 atom stereocenters. The number of aromatic nitrogens is 4. The van der Waals surface area contributed by atoms with E-state index < -0.39 is 5.60 Å². The molecule has 1 aliphatic carbocycles. The average molecular weight is 352 g/mol. The molecule has 0 radical (unpaired) electrons. The van der Waals surface area contributed by atoms with Gasteiger partial charge in [-0.25, -0.2) is 9.67 Å². The molecule has 7 heteroatoms. The summed E-state index contributed by atoms with van der Waals surface area (Å²) in [6, 6.07) is 4.47. The van der Waals surface area contributed by atoms with Crippen LogP contribution < -0.4 is 4.90 Å². The minimum absolute atomic E-state index is 0.197. The highest BCUT2D eigenvalue weighted by Crippen LogP contribution is 2.35. The molecule has 1 saturated heterocycles. The maximum absolute atomic E-state index is 11.3. The second-order valence-corrected chi connectivity index (χ2v) is 7.66. The molecular weight excluding hydrogens is 328 g/mol. The summed E-state index contributed by atoms with van der Waals surface area (Å²) in [4.78, 5) is 6.83. The number of anilines is 1. The van der Waals surface area contributed by atoms with Gasteiger partial charge in [0.15, 0.2) is 0 Å². The predicted molar refractivity (Wildman–Crippen MR) is 96.7 cm³/mol. The van der Waals surface area contributed by atoms with Crippen LogP contribution in [0.1, 0.15) is 61.7 Å². The van der Waals surface area contributed by atoms with Crippen LogP contribution in [0.4, 0.5) is 5.82 Å². The Morgan fingerprint density at radius 2 is 2.15 bits per heavy atom. The van der Waals surface area contributed by atoms with E-state index >= 15 is 0 Å². The van der Waals surface area contributed by atoms with Crippen LogP contribution in [0.25, 0.3) is 0 Å². The van der Waals surface area contributed by atoms with E-state index in [9.17, 15) is 10.4 Å². The first-order valence-corrected chi connectivity index (χ1v) is 9.33. The third kappa shape index (κ3) is 2.84. The minimum Gasteiger partial charge on any atom is -0.382 e. The summed E-state index contributed by atoms with van der Waals surface area (Å²) >= 11 is 0. The van der Waals surface area contributed by atoms with Crippen LogP contribution in [-0.2, 0) is 18.4 Å². The molecule has 7 nitrogen and oxygen atoms in total. The normalized spacial score (nSPS) is 22.5. The van der Waals surface area contributed by atoms with Crippen LogP contribution in [0.3, 0.4) is 0 Å². The standard InChI is InChI=1S/C19H24N6O/c1-13(2)25-11-17(22-23-25)19(26)7-4-8-24(12-19)18-15(10-20)9-14-5-3-6-16(14)21-18/h9,11,13,26H,3-8,12H2,1-2H3/t19-/m0/s1. The van der Waals surface area contributed by atoms with E-state index in [1.165, 1.54) is 5.56 Å². The van der Waals surface area contributed by atoms with Gasteiger partial charge in [0.1, 0.15) is 23.2 Å². The molecule has 0 bridgehead atoms. The topological polar surface area (TPSA) is 90.9 Å². The van der Waals surface area contributed by atoms with Gasteiger partial charge in [-0.15, -0.1) is 5.10 Å². The number of rotatable bonds is 3. The van der Waals surface area contributed by atoms with Crippen LogP contribution in [0.15, 0.2) is 12.3 Å². The monoisotopic (exact) mass is 352 g/mol. The van der Waals surface area contributed by atoms with Crippen molar-refractivity contribution in [1.82, 2.24) is 20.0 Å². The van der Waals surface area contributed by atoms with E-state index in [4.69, 9.17) is 4.98 Å². The van der Waals surface area contributed by atoms with Crippen LogP contribution in [-0.4, -0.2) is 38.2 Å². The summed E-state index contributed by atoms with van der Waals surface area (Å²) in [6.07, 6.45) is 6.34. The Balaban J connectivity index is 1.65. The van der Waals surface area contributed by atoms with E-state index in [1.807, 2.05) is 31.0 Å². The number of hydrogen-bond acceptors (Lipinski definition) is 6. The molecule has 3 heterocycles. The second kappa shape index (κ2) is 6.36. The van der Waals surface area contributed by atoms with E-state index in [2.05, 4.69) is 16.4 Å². The van der Waals surface area contributed by atoms with Crippen molar-refractivity contribution in [3.8, 4) is 6.07 Å². The van der Waals surface area contributed by atoms with Gasteiger partial charge >= 0.3 is 0 Å². The Kier molecular flexibility index (Phi) is 4.16. The molecular formula is C19H24N6O. The smallest absolute Gasteiger partial charge is 0.146 e. The zero-order valence-corrected chi connectivity index (χ0v) is 15.3. The van der Waals surface area contributed by atoms with Gasteiger partial charge in [-0.3, -0.25) is 0 Å². The molecule has 2 aromatic heterocycles. The van der Waals surface area contributed by atoms with Crippen LogP contribution in [0.5, 0.6) is 0 Å². The van der Waals surface area contributed by atoms with Crippen molar-refractivity contribution in [3.05, 3.63) is 34.8 Å². The summed E-state index contributed by atoms with van der Waals surface area (Å²) < 4.78 is 1.76. The quantitative estimate of drug-likeness (QED) is 0.910. The first-order valence-electron chi connectivity index (χ1n) is 9.33. The number of pyridine rings is 1. The first kappa shape index (κ1) is 17.0. The number of piperidine rings is 1. The maximum Gasteiger partial charge on any atom is 0.146 e. The molecule has 1 aliphatic heterocycles. The molecule has 4 rings (SSSR count). The van der Waals surface area contributed by atoms with Crippen molar-refractivity contribution < 1.29 is 5.11 Å². The maximum atomic E-state index is 11.3. The molecule has 2 aromatic rings. The Labute approximate surface area is 153 Å². The second-order valence-electron chi connectivity index (χ2n) is 7.66. The predicted octanol–water partition coefficient (Wildman–Crippen LogP) is 2.10. The lowest BCUT2D eigenvalue weighted by atomic mass is 9.89. The van der Waals surface area contributed by atoms with Gasteiger partial charge < -0.3 is 10.0 Å². The van der Waals surface area contributed by atoms with E-state index in [0.29, 0.717) is 30.0 Å². The molecule has 26 heavy (non-hydrogen) atoms. The van der Waals surface area contributed by atoms with Crippen LogP contribution in [0, 0.1) is 11.3 Å². The lowest BCUT2D eigenvalue weighted by Gasteiger charge is -2.39. The molecule has 0 amide bonds. The summed E-state index contributed by atoms with van der Waals surface area (Å²) in [5, 5.41) is 29.2. The van der Waals surface area contributed by atoms with Gasteiger partial charge in [0.25, 0.3) is 0 Å². The van der Waals surface area contributed by atoms with Gasteiger partial charge in [0.05, 0.1) is 18.3 Å². The lowest BCUT2D eigenvalue weighted by molar-refractivity contribution is 0.0174. The van der Waals surface area contributed by atoms with Gasteiger partial charge in [-0.05, 0) is 57.6 Å². The SMILES string of the molecule is CC(C)n1cc([C@]2(O)CCCN(c3nc4c(cc3C#N)CCC4)C2)nn1. The number of nitrogens with zero attached hydrogens (tertiary/aromatic N) is 6. The summed E-state index contributed by atoms with van der Waals surface area (Å²) in [6.45, 7) is 5.22. The van der Waals surface area contributed by atoms with Crippen molar-refractivity contribution >= 4 is 5.82 Å². The Hall–Kier alpha value is -2.46. The van der Waals surface area contributed by atoms with E-state index in [1.54, 1.807) is 4.68 Å². The Bertz CT molecular complexity index is 867. The average Bonchev–Trinajstić information content (AvgIpc) is 3.30. The summed E-state index contributed by atoms with van der Waals surface area (Å²) in [5.74, 6) is 0.697. The molecule has 1 N–H and O–H groups in total.